The molecule has 2 aliphatic heterocycles. The molecule has 0 aromatic rings. The first-order valence-electron chi connectivity index (χ1n) is 9.40. The number of nitrogens with one attached hydrogen (secondary N) is 1. The molecule has 1 aliphatic carbocycles. The number of morpholine rings is 1. The maximum absolute atomic E-state index is 12.0. The van der Waals surface area contributed by atoms with Gasteiger partial charge in [0.05, 0.1) is 13.2 Å². The Balaban J connectivity index is 1.31. The summed E-state index contributed by atoms with van der Waals surface area (Å²) in [5.41, 5.74) is 0. The summed E-state index contributed by atoms with van der Waals surface area (Å²) < 4.78 is 5.31. The van der Waals surface area contributed by atoms with Crippen LogP contribution in [0.3, 0.4) is 0 Å². The van der Waals surface area contributed by atoms with E-state index in [2.05, 4.69) is 10.2 Å². The Hall–Kier alpha value is -0.770. The maximum atomic E-state index is 12.0. The number of hydrogen-bond acceptors (Lipinski definition) is 7. The van der Waals surface area contributed by atoms with Gasteiger partial charge >= 0.3 is 0 Å². The van der Waals surface area contributed by atoms with Crippen LogP contribution in [0.2, 0.25) is 0 Å². The zero-order chi connectivity index (χ0) is 17.6. The van der Waals surface area contributed by atoms with E-state index in [4.69, 9.17) is 24.3 Å². The van der Waals surface area contributed by atoms with Gasteiger partial charge in [-0.1, -0.05) is 6.42 Å². The third-order valence-corrected chi connectivity index (χ3v) is 5.02. The summed E-state index contributed by atoms with van der Waals surface area (Å²) in [4.78, 5) is 36.3. The molecule has 0 aromatic heterocycles. The molecule has 3 aliphatic rings. The number of rotatable bonds is 6. The van der Waals surface area contributed by atoms with Gasteiger partial charge in [-0.2, -0.15) is 19.6 Å². The Morgan fingerprint density at radius 3 is 2.40 bits per heavy atom. The van der Waals surface area contributed by atoms with Crippen molar-refractivity contribution in [3.05, 3.63) is 0 Å². The first-order chi connectivity index (χ1) is 12.1. The molecule has 1 spiro atoms. The molecule has 25 heavy (non-hydrogen) atoms. The molecular formula is C17H30N2O6. The molecule has 0 bridgehead atoms. The summed E-state index contributed by atoms with van der Waals surface area (Å²) >= 11 is 0. The van der Waals surface area contributed by atoms with E-state index in [-0.39, 0.29) is 5.91 Å². The highest BCUT2D eigenvalue weighted by Crippen LogP contribution is 2.40. The number of ether oxygens (including phenoxy) is 1. The van der Waals surface area contributed by atoms with E-state index in [9.17, 15) is 4.79 Å². The topological polar surface area (TPSA) is 78.5 Å². The molecule has 3 rings (SSSR count). The minimum atomic E-state index is -1.05. The molecule has 1 amide bonds. The molecule has 0 aromatic carbocycles. The molecule has 0 unspecified atom stereocenters. The molecule has 8 nitrogen and oxygen atoms in total. The highest BCUT2D eigenvalue weighted by Gasteiger charge is 2.47. The monoisotopic (exact) mass is 358 g/mol. The van der Waals surface area contributed by atoms with E-state index >= 15 is 0 Å². The van der Waals surface area contributed by atoms with Gasteiger partial charge in [-0.25, -0.2) is 0 Å². The van der Waals surface area contributed by atoms with Crippen molar-refractivity contribution >= 4 is 5.91 Å². The number of nitrogens with zero attached hydrogens (tertiary/aromatic N) is 1. The predicted octanol–water partition coefficient (Wildman–Crippen LogP) is 1.50. The second kappa shape index (κ2) is 8.75. The maximum Gasteiger partial charge on any atom is 0.234 e. The fourth-order valence-corrected chi connectivity index (χ4v) is 3.30. The van der Waals surface area contributed by atoms with Crippen LogP contribution in [0.5, 0.6) is 0 Å². The predicted molar refractivity (Wildman–Crippen MR) is 88.1 cm³/mol. The molecule has 8 heteroatoms. The summed E-state index contributed by atoms with van der Waals surface area (Å²) in [6.45, 7) is 6.58. The highest BCUT2D eigenvalue weighted by molar-refractivity contribution is 5.75. The molecule has 3 fully saturated rings. The molecule has 1 saturated carbocycles. The van der Waals surface area contributed by atoms with Crippen LogP contribution in [0.15, 0.2) is 0 Å². The van der Waals surface area contributed by atoms with Crippen LogP contribution in [0.25, 0.3) is 0 Å². The average Bonchev–Trinajstić information content (AvgIpc) is 2.65. The van der Waals surface area contributed by atoms with Crippen molar-refractivity contribution in [3.8, 4) is 0 Å². The lowest BCUT2D eigenvalue weighted by molar-refractivity contribution is -0.657. The van der Waals surface area contributed by atoms with Crippen LogP contribution in [0.4, 0.5) is 0 Å². The van der Waals surface area contributed by atoms with Gasteiger partial charge in [-0.3, -0.25) is 9.69 Å². The van der Waals surface area contributed by atoms with E-state index in [1.807, 2.05) is 0 Å². The Morgan fingerprint density at radius 1 is 1.04 bits per heavy atom. The zero-order valence-corrected chi connectivity index (χ0v) is 15.1. The van der Waals surface area contributed by atoms with Crippen molar-refractivity contribution in [2.75, 3.05) is 39.4 Å². The first-order valence-corrected chi connectivity index (χ1v) is 9.40. The number of hydrogen-bond donors (Lipinski definition) is 1. The third kappa shape index (κ3) is 5.60. The van der Waals surface area contributed by atoms with Gasteiger partial charge in [-0.15, -0.1) is 0 Å². The normalized spacial score (nSPS) is 26.4. The third-order valence-electron chi connectivity index (χ3n) is 5.02. The number of carbonyl (C=O) groups is 1. The molecule has 144 valence electrons. The molecular weight excluding hydrogens is 328 g/mol. The lowest BCUT2D eigenvalue weighted by Crippen LogP contribution is -2.50. The summed E-state index contributed by atoms with van der Waals surface area (Å²) in [6.07, 6.45) is 5.45. The van der Waals surface area contributed by atoms with Gasteiger partial charge in [0.2, 0.25) is 17.5 Å². The SMILES string of the molecule is CC1(CCC(=O)NCCN2CCOCC2)OOC2(CCCCC2)OO1. The summed E-state index contributed by atoms with van der Waals surface area (Å²) in [5, 5.41) is 2.93. The van der Waals surface area contributed by atoms with Crippen molar-refractivity contribution in [3.63, 3.8) is 0 Å². The van der Waals surface area contributed by atoms with E-state index in [1.54, 1.807) is 6.92 Å². The van der Waals surface area contributed by atoms with Crippen LogP contribution >= 0.6 is 0 Å². The molecule has 2 saturated heterocycles. The molecule has 0 atom stereocenters. The Kier molecular flexibility index (Phi) is 6.65. The lowest BCUT2D eigenvalue weighted by atomic mass is 9.94. The van der Waals surface area contributed by atoms with Crippen LogP contribution in [-0.4, -0.2) is 61.8 Å². The van der Waals surface area contributed by atoms with Gasteiger partial charge in [0.1, 0.15) is 0 Å². The Bertz CT molecular complexity index is 425. The van der Waals surface area contributed by atoms with Crippen molar-refractivity contribution in [1.82, 2.24) is 10.2 Å². The molecule has 2 heterocycles. The number of amides is 1. The smallest absolute Gasteiger partial charge is 0.234 e. The van der Waals surface area contributed by atoms with Crippen LogP contribution < -0.4 is 5.32 Å². The van der Waals surface area contributed by atoms with Gasteiger partial charge in [0.25, 0.3) is 0 Å². The average molecular weight is 358 g/mol. The van der Waals surface area contributed by atoms with Gasteiger partial charge < -0.3 is 10.1 Å². The minimum absolute atomic E-state index is 0.0281. The summed E-state index contributed by atoms with van der Waals surface area (Å²) in [5.74, 6) is -1.85. The van der Waals surface area contributed by atoms with Crippen molar-refractivity contribution in [1.29, 1.82) is 0 Å². The molecule has 0 radical (unpaired) electrons. The fourth-order valence-electron chi connectivity index (χ4n) is 3.30. The van der Waals surface area contributed by atoms with E-state index in [0.717, 1.165) is 58.5 Å². The van der Waals surface area contributed by atoms with Crippen LogP contribution in [-0.2, 0) is 29.1 Å². The standard InChI is InChI=1S/C17H30N2O6/c1-16(22-24-17(25-23-16)6-3-2-4-7-17)8-5-15(20)18-9-10-19-11-13-21-14-12-19/h2-14H2,1H3,(H,18,20). The first kappa shape index (κ1) is 19.0. The van der Waals surface area contributed by atoms with E-state index in [0.29, 0.717) is 19.4 Å². The second-order valence-corrected chi connectivity index (χ2v) is 7.24. The van der Waals surface area contributed by atoms with Crippen molar-refractivity contribution in [2.45, 2.75) is 63.4 Å². The molecule has 1 N–H and O–H groups in total. The zero-order valence-electron chi connectivity index (χ0n) is 15.1. The largest absolute Gasteiger partial charge is 0.379 e. The van der Waals surface area contributed by atoms with E-state index in [1.165, 1.54) is 6.42 Å². The quantitative estimate of drug-likeness (QED) is 0.721. The summed E-state index contributed by atoms with van der Waals surface area (Å²) in [7, 11) is 0. The second-order valence-electron chi connectivity index (χ2n) is 7.24. The fraction of sp³-hybridized carbons (Fsp3) is 0.941. The van der Waals surface area contributed by atoms with Crippen LogP contribution in [0, 0.1) is 0 Å². The summed E-state index contributed by atoms with van der Waals surface area (Å²) in [6, 6.07) is 0. The number of carbonyl (C=O) groups excluding carboxylic acids is 1. The van der Waals surface area contributed by atoms with Gasteiger partial charge in [0, 0.05) is 51.9 Å². The Labute approximate surface area is 148 Å². The minimum Gasteiger partial charge on any atom is -0.379 e. The van der Waals surface area contributed by atoms with Crippen LogP contribution in [0.1, 0.15) is 51.9 Å². The van der Waals surface area contributed by atoms with E-state index < -0.39 is 11.6 Å². The Morgan fingerprint density at radius 2 is 1.72 bits per heavy atom. The highest BCUT2D eigenvalue weighted by atomic mass is 17.4. The van der Waals surface area contributed by atoms with Crippen molar-refractivity contribution < 1.29 is 29.1 Å². The van der Waals surface area contributed by atoms with Crippen molar-refractivity contribution in [2.24, 2.45) is 0 Å². The van der Waals surface area contributed by atoms with Gasteiger partial charge in [0.15, 0.2) is 0 Å². The lowest BCUT2D eigenvalue weighted by Gasteiger charge is -2.43. The van der Waals surface area contributed by atoms with Gasteiger partial charge in [-0.05, 0) is 19.8 Å².